The molecule has 0 aliphatic heterocycles. The Morgan fingerprint density at radius 3 is 1.31 bits per heavy atom. The highest BCUT2D eigenvalue weighted by Gasteiger charge is 2.27. The number of likely N-dealkylation sites (N-methyl/N-ethyl adjacent to an activating group) is 1. The zero-order valence-electron chi connectivity index (χ0n) is 47.4. The highest BCUT2D eigenvalue weighted by atomic mass is 31.2. The number of phosphoric ester groups is 1. The molecule has 0 aliphatic carbocycles. The summed E-state index contributed by atoms with van der Waals surface area (Å²) in [4.78, 5) is 39.9. The summed E-state index contributed by atoms with van der Waals surface area (Å²) in [5.74, 6) is -0.542. The summed E-state index contributed by atoms with van der Waals surface area (Å²) in [5.41, 5.74) is 0. The van der Waals surface area contributed by atoms with Crippen molar-refractivity contribution in [2.45, 2.75) is 290 Å². The van der Waals surface area contributed by atoms with Crippen LogP contribution in [0.25, 0.3) is 0 Å². The molecule has 1 amide bonds. The van der Waals surface area contributed by atoms with Gasteiger partial charge in [-0.1, -0.05) is 243 Å². The predicted octanol–water partition coefficient (Wildman–Crippen LogP) is 17.5. The number of allylic oxidation sites excluding steroid dienone is 7. The second kappa shape index (κ2) is 51.5. The van der Waals surface area contributed by atoms with Crippen molar-refractivity contribution in [3.63, 3.8) is 0 Å². The summed E-state index contributed by atoms with van der Waals surface area (Å²) in [6, 6.07) is -0.889. The molecule has 0 aromatic rings. The molecule has 416 valence electrons. The molecule has 10 heteroatoms. The number of ether oxygens (including phenoxy) is 1. The number of hydrogen-bond donors (Lipinski definition) is 1. The molecule has 0 bridgehead atoms. The normalized spacial score (nSPS) is 14.1. The maximum atomic E-state index is 13.5. The Morgan fingerprint density at radius 2 is 0.859 bits per heavy atom. The van der Waals surface area contributed by atoms with Crippen molar-refractivity contribution in [2.24, 2.45) is 0 Å². The lowest BCUT2D eigenvalue weighted by atomic mass is 10.0. The van der Waals surface area contributed by atoms with Gasteiger partial charge in [0.1, 0.15) is 19.3 Å². The Labute approximate surface area is 439 Å². The predicted molar refractivity (Wildman–Crippen MR) is 302 cm³/mol. The summed E-state index contributed by atoms with van der Waals surface area (Å²) >= 11 is 0. The Balaban J connectivity index is 5.22. The van der Waals surface area contributed by atoms with Gasteiger partial charge in [-0.25, -0.2) is 0 Å². The summed E-state index contributed by atoms with van der Waals surface area (Å²) in [6.07, 6.45) is 62.1. The lowest BCUT2D eigenvalue weighted by molar-refractivity contribution is -0.870. The highest BCUT2D eigenvalue weighted by Crippen LogP contribution is 2.38. The Kier molecular flexibility index (Phi) is 50.0. The quantitative estimate of drug-likeness (QED) is 0.0212. The molecular formula is C61H115N2O7P. The second-order valence-corrected chi connectivity index (χ2v) is 22.9. The average molecular weight is 1020 g/mol. The third-order valence-corrected chi connectivity index (χ3v) is 14.2. The highest BCUT2D eigenvalue weighted by molar-refractivity contribution is 7.45. The minimum atomic E-state index is -4.69. The fourth-order valence-electron chi connectivity index (χ4n) is 8.59. The molecule has 0 aliphatic rings. The van der Waals surface area contributed by atoms with Crippen LogP contribution in [0.4, 0.5) is 0 Å². The van der Waals surface area contributed by atoms with Crippen LogP contribution >= 0.6 is 7.82 Å². The van der Waals surface area contributed by atoms with Gasteiger partial charge in [0.2, 0.25) is 5.91 Å². The first-order valence-electron chi connectivity index (χ1n) is 29.9. The van der Waals surface area contributed by atoms with E-state index in [4.69, 9.17) is 13.8 Å². The van der Waals surface area contributed by atoms with E-state index in [2.05, 4.69) is 62.5 Å². The largest absolute Gasteiger partial charge is 0.756 e. The third-order valence-electron chi connectivity index (χ3n) is 13.3. The fourth-order valence-corrected chi connectivity index (χ4v) is 9.31. The maximum absolute atomic E-state index is 13.5. The Morgan fingerprint density at radius 1 is 0.493 bits per heavy atom. The molecule has 0 spiro atoms. The molecule has 3 atom stereocenters. The van der Waals surface area contributed by atoms with Crippen molar-refractivity contribution in [3.8, 4) is 0 Å². The SMILES string of the molecule is CCCCC/C=C\C/C=C\C/C=C\CCCCCCCCCCC(=O)NC(COP(=O)([O-])OCC[N+](C)(C)C)C(/C=C\CCCCCCCCCCC)OC(=O)CCCCCCCCCCCCCCC. The molecular weight excluding hydrogens is 904 g/mol. The molecule has 0 radical (unpaired) electrons. The molecule has 0 heterocycles. The van der Waals surface area contributed by atoms with E-state index in [0.717, 1.165) is 83.5 Å². The van der Waals surface area contributed by atoms with Crippen molar-refractivity contribution in [1.29, 1.82) is 0 Å². The van der Waals surface area contributed by atoms with E-state index in [1.54, 1.807) is 0 Å². The summed E-state index contributed by atoms with van der Waals surface area (Å²) < 4.78 is 30.2. The van der Waals surface area contributed by atoms with Gasteiger partial charge in [-0.3, -0.25) is 14.2 Å². The molecule has 0 fully saturated rings. The minimum absolute atomic E-state index is 0.0231. The number of carbonyl (C=O) groups is 2. The van der Waals surface area contributed by atoms with Crippen LogP contribution in [0.1, 0.15) is 278 Å². The van der Waals surface area contributed by atoms with Crippen molar-refractivity contribution in [1.82, 2.24) is 5.32 Å². The van der Waals surface area contributed by atoms with Crippen molar-refractivity contribution < 1.29 is 37.3 Å². The lowest BCUT2D eigenvalue weighted by Gasteiger charge is -2.30. The van der Waals surface area contributed by atoms with Gasteiger partial charge in [0.05, 0.1) is 33.8 Å². The lowest BCUT2D eigenvalue weighted by Crippen LogP contribution is -2.47. The molecule has 9 nitrogen and oxygen atoms in total. The van der Waals surface area contributed by atoms with Crippen LogP contribution in [0.2, 0.25) is 0 Å². The van der Waals surface area contributed by atoms with Gasteiger partial charge in [-0.2, -0.15) is 0 Å². The zero-order chi connectivity index (χ0) is 52.2. The van der Waals surface area contributed by atoms with Gasteiger partial charge >= 0.3 is 5.97 Å². The van der Waals surface area contributed by atoms with E-state index < -0.39 is 20.0 Å². The van der Waals surface area contributed by atoms with E-state index in [0.29, 0.717) is 17.4 Å². The fraction of sp³-hybridized carbons (Fsp3) is 0.836. The summed E-state index contributed by atoms with van der Waals surface area (Å²) in [7, 11) is 1.18. The number of unbranched alkanes of at least 4 members (excludes halogenated alkanes) is 32. The van der Waals surface area contributed by atoms with Crippen LogP contribution in [0, 0.1) is 0 Å². The topological polar surface area (TPSA) is 114 Å². The van der Waals surface area contributed by atoms with Crippen LogP contribution in [-0.4, -0.2) is 69.4 Å². The van der Waals surface area contributed by atoms with Crippen molar-refractivity contribution in [2.75, 3.05) is 40.9 Å². The van der Waals surface area contributed by atoms with Crippen molar-refractivity contribution >= 4 is 19.7 Å². The smallest absolute Gasteiger partial charge is 0.306 e. The molecule has 0 saturated heterocycles. The Bertz CT molecular complexity index is 1360. The van der Waals surface area contributed by atoms with Gasteiger partial charge in [0.25, 0.3) is 7.82 Å². The van der Waals surface area contributed by atoms with E-state index >= 15 is 0 Å². The molecule has 0 rings (SSSR count). The molecule has 0 saturated carbocycles. The van der Waals surface area contributed by atoms with E-state index in [9.17, 15) is 19.0 Å². The average Bonchev–Trinajstić information content (AvgIpc) is 3.33. The van der Waals surface area contributed by atoms with Crippen LogP contribution in [0.15, 0.2) is 48.6 Å². The summed E-state index contributed by atoms with van der Waals surface area (Å²) in [5, 5.41) is 3.02. The van der Waals surface area contributed by atoms with Gasteiger partial charge < -0.3 is 28.5 Å². The number of nitrogens with zero attached hydrogens (tertiary/aromatic N) is 1. The first-order chi connectivity index (χ1) is 34.4. The number of quaternary nitrogens is 1. The van der Waals surface area contributed by atoms with E-state index in [1.807, 2.05) is 33.3 Å². The van der Waals surface area contributed by atoms with Gasteiger partial charge in [0, 0.05) is 12.8 Å². The number of phosphoric acid groups is 1. The molecule has 71 heavy (non-hydrogen) atoms. The number of amides is 1. The van der Waals surface area contributed by atoms with Crippen molar-refractivity contribution in [3.05, 3.63) is 48.6 Å². The third kappa shape index (κ3) is 52.6. The number of nitrogens with one attached hydrogen (secondary N) is 1. The minimum Gasteiger partial charge on any atom is -0.756 e. The zero-order valence-corrected chi connectivity index (χ0v) is 48.3. The van der Waals surface area contributed by atoms with E-state index in [-0.39, 0.29) is 31.5 Å². The van der Waals surface area contributed by atoms with Crippen LogP contribution in [0.3, 0.4) is 0 Å². The van der Waals surface area contributed by atoms with Gasteiger partial charge in [-0.15, -0.1) is 0 Å². The standard InChI is InChI=1S/C61H115N2O7P/c1-7-10-13-16-19-22-25-27-28-29-30-31-32-33-34-36-38-41-44-47-50-53-60(64)62-58(57-69-71(66,67)68-56-55-63(4,5)6)59(52-49-46-43-40-37-24-21-18-15-12-9-3)70-61(65)54-51-48-45-42-39-35-26-23-20-17-14-11-8-2/h19,22,27-28,30-31,49,52,58-59H,7-18,20-21,23-26,29,32-48,50-51,53-57H2,1-6H3,(H-,62,64,66,67)/b22-19-,28-27-,31-30-,52-49-. The second-order valence-electron chi connectivity index (χ2n) is 21.5. The van der Waals surface area contributed by atoms with Crippen LogP contribution in [-0.2, 0) is 27.9 Å². The molecule has 3 unspecified atom stereocenters. The van der Waals surface area contributed by atoms with E-state index in [1.165, 1.54) is 161 Å². The number of esters is 1. The van der Waals surface area contributed by atoms with Gasteiger partial charge in [-0.05, 0) is 70.3 Å². The maximum Gasteiger partial charge on any atom is 0.306 e. The first-order valence-corrected chi connectivity index (χ1v) is 31.4. The molecule has 0 aromatic carbocycles. The molecule has 0 aromatic heterocycles. The number of rotatable bonds is 54. The first kappa shape index (κ1) is 69.0. The monoisotopic (exact) mass is 1020 g/mol. The van der Waals surface area contributed by atoms with Gasteiger partial charge in [0.15, 0.2) is 0 Å². The molecule has 1 N–H and O–H groups in total. The number of carbonyl (C=O) groups excluding carboxylic acids is 2. The Hall–Kier alpha value is -2.03. The summed E-state index contributed by atoms with van der Waals surface area (Å²) in [6.45, 7) is 6.82. The van der Waals surface area contributed by atoms with Crippen LogP contribution in [0.5, 0.6) is 0 Å². The van der Waals surface area contributed by atoms with Crippen LogP contribution < -0.4 is 10.2 Å². The number of hydrogen-bond acceptors (Lipinski definition) is 7.